The summed E-state index contributed by atoms with van der Waals surface area (Å²) in [5.74, 6) is 0.693. The Morgan fingerprint density at radius 2 is 1.48 bits per heavy atom. The Morgan fingerprint density at radius 1 is 0.862 bits per heavy atom. The lowest BCUT2D eigenvalue weighted by Crippen LogP contribution is -2.32. The standard InChI is InChI=1S/C25H36O4/c1-2-3-7-19-10-12-22(13-11-19)25(27)29-23-16-14-21(15-17-23)24(26)28-18-20-8-5-4-6-9-20/h4-6,8-9,19,21-23H,2-3,7,10-18H2,1H3. The first-order valence-electron chi connectivity index (χ1n) is 11.6. The van der Waals surface area contributed by atoms with Gasteiger partial charge in [0.05, 0.1) is 11.8 Å². The Labute approximate surface area is 175 Å². The van der Waals surface area contributed by atoms with Gasteiger partial charge in [-0.05, 0) is 62.8 Å². The quantitative estimate of drug-likeness (QED) is 0.515. The predicted octanol–water partition coefficient (Wildman–Crippen LogP) is 5.83. The smallest absolute Gasteiger partial charge is 0.309 e. The SMILES string of the molecule is CCCCC1CCC(C(=O)OC2CCC(C(=O)OCc3ccccc3)CC2)CC1. The highest BCUT2D eigenvalue weighted by atomic mass is 16.5. The Morgan fingerprint density at radius 3 is 2.14 bits per heavy atom. The molecule has 3 rings (SSSR count). The van der Waals surface area contributed by atoms with E-state index >= 15 is 0 Å². The van der Waals surface area contributed by atoms with E-state index in [1.807, 2.05) is 30.3 Å². The number of unbranched alkanes of at least 4 members (excludes halogenated alkanes) is 1. The molecule has 0 spiro atoms. The molecule has 4 nitrogen and oxygen atoms in total. The number of carbonyl (C=O) groups is 2. The summed E-state index contributed by atoms with van der Waals surface area (Å²) in [5.41, 5.74) is 1.01. The maximum absolute atomic E-state index is 12.5. The van der Waals surface area contributed by atoms with Gasteiger partial charge in [-0.2, -0.15) is 0 Å². The molecule has 1 aromatic carbocycles. The van der Waals surface area contributed by atoms with Gasteiger partial charge in [-0.3, -0.25) is 9.59 Å². The fraction of sp³-hybridized carbons (Fsp3) is 0.680. The van der Waals surface area contributed by atoms with E-state index < -0.39 is 0 Å². The summed E-state index contributed by atoms with van der Waals surface area (Å²) in [6, 6.07) is 9.76. The van der Waals surface area contributed by atoms with Crippen molar-refractivity contribution in [3.8, 4) is 0 Å². The lowest BCUT2D eigenvalue weighted by atomic mass is 9.80. The first-order valence-corrected chi connectivity index (χ1v) is 11.6. The van der Waals surface area contributed by atoms with Crippen LogP contribution in [0.4, 0.5) is 0 Å². The van der Waals surface area contributed by atoms with Crippen molar-refractivity contribution in [2.75, 3.05) is 0 Å². The van der Waals surface area contributed by atoms with Crippen LogP contribution in [0.3, 0.4) is 0 Å². The second-order valence-electron chi connectivity index (χ2n) is 8.86. The molecule has 0 saturated heterocycles. The van der Waals surface area contributed by atoms with Crippen molar-refractivity contribution < 1.29 is 19.1 Å². The third-order valence-corrected chi connectivity index (χ3v) is 6.66. The summed E-state index contributed by atoms with van der Waals surface area (Å²) < 4.78 is 11.3. The van der Waals surface area contributed by atoms with E-state index in [9.17, 15) is 9.59 Å². The molecule has 29 heavy (non-hydrogen) atoms. The third-order valence-electron chi connectivity index (χ3n) is 6.66. The van der Waals surface area contributed by atoms with Gasteiger partial charge in [0.25, 0.3) is 0 Å². The lowest BCUT2D eigenvalue weighted by molar-refractivity contribution is -0.159. The molecule has 2 aliphatic carbocycles. The molecule has 0 aliphatic heterocycles. The second-order valence-corrected chi connectivity index (χ2v) is 8.86. The summed E-state index contributed by atoms with van der Waals surface area (Å²) in [7, 11) is 0. The van der Waals surface area contributed by atoms with E-state index in [1.54, 1.807) is 0 Å². The molecule has 0 atom stereocenters. The van der Waals surface area contributed by atoms with E-state index in [4.69, 9.17) is 9.47 Å². The molecule has 0 aromatic heterocycles. The highest BCUT2D eigenvalue weighted by Gasteiger charge is 2.32. The zero-order chi connectivity index (χ0) is 20.5. The van der Waals surface area contributed by atoms with Crippen LogP contribution in [0, 0.1) is 17.8 Å². The lowest BCUT2D eigenvalue weighted by Gasteiger charge is -2.31. The van der Waals surface area contributed by atoms with Crippen LogP contribution in [0.2, 0.25) is 0 Å². The van der Waals surface area contributed by atoms with Gasteiger partial charge in [0.15, 0.2) is 0 Å². The van der Waals surface area contributed by atoms with Crippen LogP contribution in [-0.2, 0) is 25.7 Å². The Kier molecular flexibility index (Phi) is 8.57. The van der Waals surface area contributed by atoms with Gasteiger partial charge in [0.1, 0.15) is 12.7 Å². The third kappa shape index (κ3) is 6.87. The Hall–Kier alpha value is -1.84. The zero-order valence-corrected chi connectivity index (χ0v) is 17.8. The molecule has 2 saturated carbocycles. The maximum Gasteiger partial charge on any atom is 0.309 e. The number of esters is 2. The zero-order valence-electron chi connectivity index (χ0n) is 17.8. The first-order chi connectivity index (χ1) is 14.2. The first kappa shape index (κ1) is 21.9. The van der Waals surface area contributed by atoms with Crippen LogP contribution in [0.15, 0.2) is 30.3 Å². The fourth-order valence-corrected chi connectivity index (χ4v) is 4.70. The van der Waals surface area contributed by atoms with E-state index in [1.165, 1.54) is 32.1 Å². The molecular formula is C25H36O4. The Bertz CT molecular complexity index is 625. The van der Waals surface area contributed by atoms with Crippen LogP contribution >= 0.6 is 0 Å². The maximum atomic E-state index is 12.5. The number of benzene rings is 1. The molecule has 0 N–H and O–H groups in total. The molecule has 4 heteroatoms. The molecule has 0 heterocycles. The summed E-state index contributed by atoms with van der Waals surface area (Å²) >= 11 is 0. The van der Waals surface area contributed by atoms with Crippen LogP contribution < -0.4 is 0 Å². The van der Waals surface area contributed by atoms with Gasteiger partial charge < -0.3 is 9.47 Å². The molecule has 0 bridgehead atoms. The van der Waals surface area contributed by atoms with Gasteiger partial charge in [-0.15, -0.1) is 0 Å². The second kappa shape index (κ2) is 11.4. The van der Waals surface area contributed by atoms with Crippen LogP contribution in [0.25, 0.3) is 0 Å². The van der Waals surface area contributed by atoms with Crippen molar-refractivity contribution in [3.05, 3.63) is 35.9 Å². The van der Waals surface area contributed by atoms with Crippen molar-refractivity contribution >= 4 is 11.9 Å². The van der Waals surface area contributed by atoms with Crippen molar-refractivity contribution in [2.45, 2.75) is 90.3 Å². The molecule has 0 radical (unpaired) electrons. The van der Waals surface area contributed by atoms with Gasteiger partial charge in [0.2, 0.25) is 0 Å². The van der Waals surface area contributed by atoms with Gasteiger partial charge in [-0.25, -0.2) is 0 Å². The van der Waals surface area contributed by atoms with E-state index in [2.05, 4.69) is 6.92 Å². The molecule has 1 aromatic rings. The average molecular weight is 401 g/mol. The minimum atomic E-state index is -0.121. The van der Waals surface area contributed by atoms with Crippen molar-refractivity contribution in [1.82, 2.24) is 0 Å². The normalized spacial score (nSPS) is 27.2. The van der Waals surface area contributed by atoms with Gasteiger partial charge >= 0.3 is 11.9 Å². The Balaban J connectivity index is 1.33. The largest absolute Gasteiger partial charge is 0.462 e. The summed E-state index contributed by atoms with van der Waals surface area (Å²) in [6.07, 6.45) is 11.2. The highest BCUT2D eigenvalue weighted by Crippen LogP contribution is 2.34. The summed E-state index contributed by atoms with van der Waals surface area (Å²) in [4.78, 5) is 24.9. The summed E-state index contributed by atoms with van der Waals surface area (Å²) in [6.45, 7) is 2.57. The fourth-order valence-electron chi connectivity index (χ4n) is 4.70. The van der Waals surface area contributed by atoms with Crippen molar-refractivity contribution in [1.29, 1.82) is 0 Å². The number of carbonyl (C=O) groups excluding carboxylic acids is 2. The van der Waals surface area contributed by atoms with E-state index in [-0.39, 0.29) is 29.9 Å². The van der Waals surface area contributed by atoms with E-state index in [0.717, 1.165) is 50.0 Å². The van der Waals surface area contributed by atoms with Gasteiger partial charge in [0, 0.05) is 0 Å². The number of hydrogen-bond donors (Lipinski definition) is 0. The number of rotatable bonds is 8. The molecule has 0 amide bonds. The molecule has 160 valence electrons. The minimum absolute atomic E-state index is 0.00551. The van der Waals surface area contributed by atoms with Crippen molar-refractivity contribution in [2.24, 2.45) is 17.8 Å². The van der Waals surface area contributed by atoms with E-state index in [0.29, 0.717) is 6.61 Å². The number of hydrogen-bond acceptors (Lipinski definition) is 4. The molecule has 2 aliphatic rings. The van der Waals surface area contributed by atoms with Crippen LogP contribution in [0.1, 0.15) is 83.1 Å². The van der Waals surface area contributed by atoms with Crippen LogP contribution in [0.5, 0.6) is 0 Å². The molecular weight excluding hydrogens is 364 g/mol. The highest BCUT2D eigenvalue weighted by molar-refractivity contribution is 5.73. The van der Waals surface area contributed by atoms with Crippen LogP contribution in [-0.4, -0.2) is 18.0 Å². The predicted molar refractivity (Wildman–Crippen MR) is 113 cm³/mol. The monoisotopic (exact) mass is 400 g/mol. The van der Waals surface area contributed by atoms with Crippen molar-refractivity contribution in [3.63, 3.8) is 0 Å². The molecule has 2 fully saturated rings. The number of ether oxygens (including phenoxy) is 2. The topological polar surface area (TPSA) is 52.6 Å². The summed E-state index contributed by atoms with van der Waals surface area (Å²) in [5, 5.41) is 0. The molecule has 0 unspecified atom stereocenters. The minimum Gasteiger partial charge on any atom is -0.462 e. The average Bonchev–Trinajstić information content (AvgIpc) is 2.77. The van der Waals surface area contributed by atoms with Gasteiger partial charge in [-0.1, -0.05) is 56.5 Å².